The highest BCUT2D eigenvalue weighted by atomic mass is 35.5. The van der Waals surface area contributed by atoms with Crippen molar-refractivity contribution >= 4 is 34.8 Å². The number of rotatable bonds is 5. The topological polar surface area (TPSA) is 78.9 Å². The van der Waals surface area contributed by atoms with Gasteiger partial charge in [-0.2, -0.15) is 5.26 Å². The quantitative estimate of drug-likeness (QED) is 0.662. The summed E-state index contributed by atoms with van der Waals surface area (Å²) >= 11 is 11.8. The Labute approximate surface area is 160 Å². The molecule has 26 heavy (non-hydrogen) atoms. The van der Waals surface area contributed by atoms with Gasteiger partial charge < -0.3 is 9.73 Å². The van der Waals surface area contributed by atoms with E-state index >= 15 is 0 Å². The zero-order valence-electron chi connectivity index (χ0n) is 13.5. The van der Waals surface area contributed by atoms with Crippen LogP contribution in [0.2, 0.25) is 10.0 Å². The van der Waals surface area contributed by atoms with Crippen LogP contribution in [0.3, 0.4) is 0 Å². The number of benzene rings is 2. The first-order valence-corrected chi connectivity index (χ1v) is 8.51. The number of carbonyl (C=O) groups excluding carboxylic acids is 1. The average Bonchev–Trinajstić information content (AvgIpc) is 3.10. The molecule has 1 aromatic heterocycles. The summed E-state index contributed by atoms with van der Waals surface area (Å²) in [5, 5.41) is 12.5. The summed E-state index contributed by atoms with van der Waals surface area (Å²) in [6.07, 6.45) is 2.19. The van der Waals surface area contributed by atoms with Crippen LogP contribution in [0.1, 0.15) is 17.9 Å². The van der Waals surface area contributed by atoms with Gasteiger partial charge >= 0.3 is 0 Å². The van der Waals surface area contributed by atoms with Gasteiger partial charge in [-0.1, -0.05) is 23.2 Å². The van der Waals surface area contributed by atoms with Crippen molar-refractivity contribution in [2.24, 2.45) is 0 Å². The third-order valence-electron chi connectivity index (χ3n) is 3.62. The average molecular weight is 386 g/mol. The molecule has 5 nitrogen and oxygen atoms in total. The van der Waals surface area contributed by atoms with Crippen LogP contribution in [0, 0.1) is 11.3 Å². The number of hydrogen-bond donors (Lipinski definition) is 1. The monoisotopic (exact) mass is 385 g/mol. The second kappa shape index (κ2) is 8.05. The Morgan fingerprint density at radius 1 is 1.19 bits per heavy atom. The van der Waals surface area contributed by atoms with Gasteiger partial charge in [-0.3, -0.25) is 4.79 Å². The van der Waals surface area contributed by atoms with E-state index in [1.807, 2.05) is 18.2 Å². The normalized spacial score (nSPS) is 10.3. The first-order valence-electron chi connectivity index (χ1n) is 7.75. The molecule has 0 unspecified atom stereocenters. The van der Waals surface area contributed by atoms with Crippen molar-refractivity contribution in [1.29, 1.82) is 5.26 Å². The minimum Gasteiger partial charge on any atom is -0.441 e. The van der Waals surface area contributed by atoms with E-state index in [2.05, 4.69) is 10.3 Å². The van der Waals surface area contributed by atoms with Crippen LogP contribution in [0.25, 0.3) is 11.3 Å². The molecule has 3 aromatic rings. The number of amides is 1. The van der Waals surface area contributed by atoms with Crippen molar-refractivity contribution in [1.82, 2.24) is 4.98 Å². The molecule has 0 saturated heterocycles. The SMILES string of the molecule is N#Cc1ccc(NC(=O)CCc2ncc(-c3ccc(Cl)cc3)o2)cc1Cl. The van der Waals surface area contributed by atoms with Crippen molar-refractivity contribution in [2.75, 3.05) is 5.32 Å². The third kappa shape index (κ3) is 4.42. The Morgan fingerprint density at radius 2 is 1.96 bits per heavy atom. The zero-order valence-corrected chi connectivity index (χ0v) is 15.0. The number of carbonyl (C=O) groups is 1. The van der Waals surface area contributed by atoms with E-state index in [0.717, 1.165) is 5.56 Å². The lowest BCUT2D eigenvalue weighted by Gasteiger charge is -2.05. The van der Waals surface area contributed by atoms with E-state index in [0.29, 0.717) is 39.4 Å². The molecule has 0 fully saturated rings. The van der Waals surface area contributed by atoms with Crippen LogP contribution < -0.4 is 5.32 Å². The van der Waals surface area contributed by atoms with Gasteiger partial charge in [-0.25, -0.2) is 4.98 Å². The minimum absolute atomic E-state index is 0.197. The van der Waals surface area contributed by atoms with Crippen molar-refractivity contribution in [3.8, 4) is 17.4 Å². The number of aryl methyl sites for hydroxylation is 1. The third-order valence-corrected chi connectivity index (χ3v) is 4.19. The minimum atomic E-state index is -0.197. The molecule has 0 bridgehead atoms. The predicted octanol–water partition coefficient (Wildman–Crippen LogP) is 5.09. The van der Waals surface area contributed by atoms with Gasteiger partial charge in [-0.15, -0.1) is 0 Å². The Kier molecular flexibility index (Phi) is 5.57. The molecule has 0 aliphatic heterocycles. The maximum Gasteiger partial charge on any atom is 0.224 e. The Balaban J connectivity index is 1.57. The maximum atomic E-state index is 12.1. The van der Waals surface area contributed by atoms with Crippen LogP contribution in [-0.2, 0) is 11.2 Å². The first-order chi connectivity index (χ1) is 12.5. The lowest BCUT2D eigenvalue weighted by molar-refractivity contribution is -0.116. The number of nitrogens with one attached hydrogen (secondary N) is 1. The molecule has 0 radical (unpaired) electrons. The van der Waals surface area contributed by atoms with Gasteiger partial charge in [0.1, 0.15) is 6.07 Å². The van der Waals surface area contributed by atoms with Crippen molar-refractivity contribution in [3.63, 3.8) is 0 Å². The Morgan fingerprint density at radius 3 is 2.65 bits per heavy atom. The van der Waals surface area contributed by atoms with Gasteiger partial charge in [-0.05, 0) is 42.5 Å². The number of nitrogens with zero attached hydrogens (tertiary/aromatic N) is 2. The Bertz CT molecular complexity index is 975. The number of halogens is 2. The highest BCUT2D eigenvalue weighted by molar-refractivity contribution is 6.32. The van der Waals surface area contributed by atoms with Crippen LogP contribution in [0.15, 0.2) is 53.1 Å². The molecule has 1 N–H and O–H groups in total. The number of hydrogen-bond acceptors (Lipinski definition) is 4. The van der Waals surface area contributed by atoms with E-state index < -0.39 is 0 Å². The van der Waals surface area contributed by atoms with Gasteiger partial charge in [0.2, 0.25) is 5.91 Å². The summed E-state index contributed by atoms with van der Waals surface area (Å²) in [6, 6.07) is 13.9. The largest absolute Gasteiger partial charge is 0.441 e. The highest BCUT2D eigenvalue weighted by Gasteiger charge is 2.10. The van der Waals surface area contributed by atoms with Crippen LogP contribution >= 0.6 is 23.2 Å². The van der Waals surface area contributed by atoms with E-state index in [-0.39, 0.29) is 12.3 Å². The van der Waals surface area contributed by atoms with E-state index in [1.54, 1.807) is 36.5 Å². The summed E-state index contributed by atoms with van der Waals surface area (Å²) in [7, 11) is 0. The summed E-state index contributed by atoms with van der Waals surface area (Å²) in [5.41, 5.74) is 1.76. The molecule has 0 atom stereocenters. The number of nitriles is 1. The summed E-state index contributed by atoms with van der Waals surface area (Å²) in [4.78, 5) is 16.3. The molecule has 0 aliphatic rings. The van der Waals surface area contributed by atoms with E-state index in [4.69, 9.17) is 32.9 Å². The van der Waals surface area contributed by atoms with E-state index in [9.17, 15) is 4.79 Å². The smallest absolute Gasteiger partial charge is 0.224 e. The predicted molar refractivity (Wildman–Crippen MR) is 100 cm³/mol. The number of oxazole rings is 1. The fourth-order valence-corrected chi connectivity index (χ4v) is 2.65. The van der Waals surface area contributed by atoms with Gasteiger partial charge in [0.15, 0.2) is 11.7 Å². The lowest BCUT2D eigenvalue weighted by Crippen LogP contribution is -2.12. The molecule has 0 saturated carbocycles. The first kappa shape index (κ1) is 18.0. The molecule has 1 amide bonds. The van der Waals surface area contributed by atoms with Gasteiger partial charge in [0.05, 0.1) is 16.8 Å². The standard InChI is InChI=1S/C19H13Cl2N3O2/c20-14-4-1-12(2-5-14)17-11-23-19(26-17)8-7-18(25)24-15-6-3-13(10-22)16(21)9-15/h1-6,9,11H,7-8H2,(H,24,25). The zero-order chi connectivity index (χ0) is 18.5. The summed E-state index contributed by atoms with van der Waals surface area (Å²) < 4.78 is 5.67. The molecular weight excluding hydrogens is 373 g/mol. The summed E-state index contributed by atoms with van der Waals surface area (Å²) in [6.45, 7) is 0. The Hall–Kier alpha value is -2.81. The second-order valence-electron chi connectivity index (χ2n) is 5.48. The molecule has 7 heteroatoms. The molecule has 0 spiro atoms. The lowest BCUT2D eigenvalue weighted by atomic mass is 10.2. The van der Waals surface area contributed by atoms with Gasteiger partial charge in [0, 0.05) is 29.1 Å². The highest BCUT2D eigenvalue weighted by Crippen LogP contribution is 2.23. The fourth-order valence-electron chi connectivity index (χ4n) is 2.30. The van der Waals surface area contributed by atoms with Gasteiger partial charge in [0.25, 0.3) is 0 Å². The van der Waals surface area contributed by atoms with E-state index in [1.165, 1.54) is 0 Å². The van der Waals surface area contributed by atoms with Crippen molar-refractivity contribution in [3.05, 3.63) is 70.2 Å². The van der Waals surface area contributed by atoms with Crippen molar-refractivity contribution in [2.45, 2.75) is 12.8 Å². The second-order valence-corrected chi connectivity index (χ2v) is 6.32. The fraction of sp³-hybridized carbons (Fsp3) is 0.105. The molecule has 1 heterocycles. The van der Waals surface area contributed by atoms with Crippen LogP contribution in [-0.4, -0.2) is 10.9 Å². The molecule has 2 aromatic carbocycles. The summed E-state index contributed by atoms with van der Waals surface area (Å²) in [5.74, 6) is 0.899. The molecule has 0 aliphatic carbocycles. The molecule has 3 rings (SSSR count). The number of aromatic nitrogens is 1. The molecule has 130 valence electrons. The number of anilines is 1. The van der Waals surface area contributed by atoms with Crippen molar-refractivity contribution < 1.29 is 9.21 Å². The molecular formula is C19H13Cl2N3O2. The van der Waals surface area contributed by atoms with Crippen LogP contribution in [0.4, 0.5) is 5.69 Å². The maximum absolute atomic E-state index is 12.1. The van der Waals surface area contributed by atoms with Crippen LogP contribution in [0.5, 0.6) is 0 Å².